The molecule has 1 unspecified atom stereocenters. The van der Waals surface area contributed by atoms with Gasteiger partial charge in [-0.1, -0.05) is 33.6 Å². The first kappa shape index (κ1) is 9.96. The lowest BCUT2D eigenvalue weighted by atomic mass is 10.0. The topological polar surface area (TPSA) is 9.23 Å². The summed E-state index contributed by atoms with van der Waals surface area (Å²) in [5.41, 5.74) is 0. The summed E-state index contributed by atoms with van der Waals surface area (Å²) >= 11 is 0. The van der Waals surface area contributed by atoms with Crippen LogP contribution in [0.5, 0.6) is 0 Å². The Balaban J connectivity index is 3.40. The van der Waals surface area contributed by atoms with Gasteiger partial charge in [0.15, 0.2) is 0 Å². The maximum Gasteiger partial charge on any atom is 0.0594 e. The molecule has 10 heavy (non-hydrogen) atoms. The molecule has 0 heterocycles. The molecule has 1 atom stereocenters. The summed E-state index contributed by atoms with van der Waals surface area (Å²) in [7, 11) is 1.81. The molecular formula is C9H20O. The summed E-state index contributed by atoms with van der Waals surface area (Å²) in [5, 5.41) is 0. The fourth-order valence-corrected chi connectivity index (χ4v) is 1.13. The first-order valence-corrected chi connectivity index (χ1v) is 4.25. The number of methoxy groups -OCH3 is 1. The minimum Gasteiger partial charge on any atom is -0.381 e. The first-order chi connectivity index (χ1) is 4.72. The average Bonchev–Trinajstić information content (AvgIpc) is 1.89. The average molecular weight is 144 g/mol. The summed E-state index contributed by atoms with van der Waals surface area (Å²) in [6.07, 6.45) is 4.24. The van der Waals surface area contributed by atoms with E-state index in [4.69, 9.17) is 4.74 Å². The molecule has 0 fully saturated rings. The largest absolute Gasteiger partial charge is 0.381 e. The maximum atomic E-state index is 5.31. The minimum absolute atomic E-state index is 0.472. The van der Waals surface area contributed by atoms with Crippen LogP contribution in [0.2, 0.25) is 0 Å². The lowest BCUT2D eigenvalue weighted by Gasteiger charge is -2.18. The Labute approximate surface area is 64.8 Å². The molecule has 0 saturated heterocycles. The molecule has 1 nitrogen and oxygen atoms in total. The fraction of sp³-hybridized carbons (Fsp3) is 1.00. The highest BCUT2D eigenvalue weighted by molar-refractivity contribution is 4.60. The van der Waals surface area contributed by atoms with Crippen molar-refractivity contribution >= 4 is 0 Å². The summed E-state index contributed by atoms with van der Waals surface area (Å²) in [5.74, 6) is 0.663. The van der Waals surface area contributed by atoms with Crippen molar-refractivity contribution in [3.05, 3.63) is 0 Å². The van der Waals surface area contributed by atoms with Crippen LogP contribution in [0.15, 0.2) is 0 Å². The Bertz CT molecular complexity index is 69.1. The van der Waals surface area contributed by atoms with E-state index in [-0.39, 0.29) is 0 Å². The van der Waals surface area contributed by atoms with Gasteiger partial charge in [0.05, 0.1) is 6.10 Å². The van der Waals surface area contributed by atoms with Gasteiger partial charge in [0.1, 0.15) is 0 Å². The van der Waals surface area contributed by atoms with Crippen molar-refractivity contribution in [1.29, 1.82) is 0 Å². The van der Waals surface area contributed by atoms with E-state index >= 15 is 0 Å². The molecule has 0 radical (unpaired) electrons. The molecule has 0 N–H and O–H groups in total. The van der Waals surface area contributed by atoms with Crippen LogP contribution in [0.4, 0.5) is 0 Å². The van der Waals surface area contributed by atoms with E-state index in [1.807, 2.05) is 0 Å². The highest BCUT2D eigenvalue weighted by Gasteiger charge is 2.09. The van der Waals surface area contributed by atoms with Gasteiger partial charge in [0.25, 0.3) is 0 Å². The molecule has 0 amide bonds. The zero-order valence-corrected chi connectivity index (χ0v) is 7.68. The predicted molar refractivity (Wildman–Crippen MR) is 45.2 cm³/mol. The second-order valence-corrected chi connectivity index (χ2v) is 3.16. The zero-order valence-electron chi connectivity index (χ0n) is 7.68. The van der Waals surface area contributed by atoms with E-state index < -0.39 is 0 Å². The van der Waals surface area contributed by atoms with Crippen molar-refractivity contribution in [2.24, 2.45) is 5.92 Å². The third-order valence-corrected chi connectivity index (χ3v) is 1.89. The molecule has 0 rings (SSSR count). The van der Waals surface area contributed by atoms with Crippen LogP contribution in [0.3, 0.4) is 0 Å². The lowest BCUT2D eigenvalue weighted by molar-refractivity contribution is 0.0564. The minimum atomic E-state index is 0.472. The van der Waals surface area contributed by atoms with E-state index in [1.165, 1.54) is 19.3 Å². The van der Waals surface area contributed by atoms with Crippen molar-refractivity contribution in [1.82, 2.24) is 0 Å². The van der Waals surface area contributed by atoms with Crippen LogP contribution in [-0.4, -0.2) is 13.2 Å². The first-order valence-electron chi connectivity index (χ1n) is 4.25. The van der Waals surface area contributed by atoms with Crippen molar-refractivity contribution in [3.8, 4) is 0 Å². The SMILES string of the molecule is CCCCC(OC)C(C)C. The summed E-state index contributed by atoms with van der Waals surface area (Å²) < 4.78 is 5.31. The fourth-order valence-electron chi connectivity index (χ4n) is 1.13. The lowest BCUT2D eigenvalue weighted by Crippen LogP contribution is -2.17. The summed E-state index contributed by atoms with van der Waals surface area (Å²) in [6.45, 7) is 6.64. The van der Waals surface area contributed by atoms with Crippen molar-refractivity contribution < 1.29 is 4.74 Å². The molecule has 0 aliphatic heterocycles. The Morgan fingerprint density at radius 2 is 1.90 bits per heavy atom. The molecule has 0 aliphatic carbocycles. The molecule has 0 aromatic rings. The van der Waals surface area contributed by atoms with Crippen LogP contribution in [0, 0.1) is 5.92 Å². The number of hydrogen-bond donors (Lipinski definition) is 0. The van der Waals surface area contributed by atoms with Gasteiger partial charge in [0.2, 0.25) is 0 Å². The van der Waals surface area contributed by atoms with Crippen LogP contribution in [0.25, 0.3) is 0 Å². The molecular weight excluding hydrogens is 124 g/mol. The quantitative estimate of drug-likeness (QED) is 0.576. The second kappa shape index (κ2) is 5.72. The highest BCUT2D eigenvalue weighted by atomic mass is 16.5. The van der Waals surface area contributed by atoms with E-state index in [1.54, 1.807) is 7.11 Å². The van der Waals surface area contributed by atoms with Crippen LogP contribution in [0.1, 0.15) is 40.0 Å². The van der Waals surface area contributed by atoms with Gasteiger partial charge < -0.3 is 4.74 Å². The monoisotopic (exact) mass is 144 g/mol. The van der Waals surface area contributed by atoms with E-state index in [0.29, 0.717) is 12.0 Å². The molecule has 0 spiro atoms. The standard InChI is InChI=1S/C9H20O/c1-5-6-7-9(10-4)8(2)3/h8-9H,5-7H2,1-4H3. The molecule has 62 valence electrons. The van der Waals surface area contributed by atoms with Crippen molar-refractivity contribution in [2.75, 3.05) is 7.11 Å². The van der Waals surface area contributed by atoms with Gasteiger partial charge in [0, 0.05) is 7.11 Å². The molecule has 1 heteroatoms. The smallest absolute Gasteiger partial charge is 0.0594 e. The summed E-state index contributed by atoms with van der Waals surface area (Å²) in [6, 6.07) is 0. The van der Waals surface area contributed by atoms with Crippen LogP contribution in [-0.2, 0) is 4.74 Å². The molecule has 0 aromatic heterocycles. The van der Waals surface area contributed by atoms with Gasteiger partial charge in [-0.05, 0) is 12.3 Å². The normalized spacial score (nSPS) is 14.1. The van der Waals surface area contributed by atoms with Crippen LogP contribution < -0.4 is 0 Å². The van der Waals surface area contributed by atoms with Crippen molar-refractivity contribution in [3.63, 3.8) is 0 Å². The van der Waals surface area contributed by atoms with E-state index in [9.17, 15) is 0 Å². The summed E-state index contributed by atoms with van der Waals surface area (Å²) in [4.78, 5) is 0. The Hall–Kier alpha value is -0.0400. The highest BCUT2D eigenvalue weighted by Crippen LogP contribution is 2.12. The van der Waals surface area contributed by atoms with Crippen LogP contribution >= 0.6 is 0 Å². The van der Waals surface area contributed by atoms with Gasteiger partial charge >= 0.3 is 0 Å². The molecule has 0 bridgehead atoms. The number of unbranched alkanes of at least 4 members (excludes halogenated alkanes) is 1. The van der Waals surface area contributed by atoms with E-state index in [0.717, 1.165) is 0 Å². The Kier molecular flexibility index (Phi) is 5.70. The van der Waals surface area contributed by atoms with Gasteiger partial charge in [-0.2, -0.15) is 0 Å². The Morgan fingerprint density at radius 3 is 2.20 bits per heavy atom. The second-order valence-electron chi connectivity index (χ2n) is 3.16. The number of hydrogen-bond acceptors (Lipinski definition) is 1. The maximum absolute atomic E-state index is 5.31. The van der Waals surface area contributed by atoms with Crippen molar-refractivity contribution in [2.45, 2.75) is 46.1 Å². The molecule has 0 saturated carbocycles. The van der Waals surface area contributed by atoms with E-state index in [2.05, 4.69) is 20.8 Å². The van der Waals surface area contributed by atoms with Gasteiger partial charge in [-0.3, -0.25) is 0 Å². The Morgan fingerprint density at radius 1 is 1.30 bits per heavy atom. The third kappa shape index (κ3) is 3.89. The van der Waals surface area contributed by atoms with Gasteiger partial charge in [-0.25, -0.2) is 0 Å². The molecule has 0 aliphatic rings. The molecule has 0 aromatic carbocycles. The van der Waals surface area contributed by atoms with Gasteiger partial charge in [-0.15, -0.1) is 0 Å². The number of ether oxygens (including phenoxy) is 1. The zero-order chi connectivity index (χ0) is 7.98. The predicted octanol–water partition coefficient (Wildman–Crippen LogP) is 2.85. The third-order valence-electron chi connectivity index (χ3n) is 1.89. The number of rotatable bonds is 5.